The maximum absolute atomic E-state index is 12.3. The van der Waals surface area contributed by atoms with E-state index in [9.17, 15) is 14.4 Å². The Morgan fingerprint density at radius 3 is 2.25 bits per heavy atom. The van der Waals surface area contributed by atoms with Gasteiger partial charge >= 0.3 is 6.03 Å². The Labute approximate surface area is 144 Å². The first-order valence-electron chi connectivity index (χ1n) is 7.74. The van der Waals surface area contributed by atoms with Crippen LogP contribution in [0.1, 0.15) is 41.6 Å². The van der Waals surface area contributed by atoms with Gasteiger partial charge in [0.15, 0.2) is 0 Å². The van der Waals surface area contributed by atoms with E-state index in [1.807, 2.05) is 0 Å². The van der Waals surface area contributed by atoms with Gasteiger partial charge in [-0.15, -0.1) is 0 Å². The van der Waals surface area contributed by atoms with Crippen LogP contribution >= 0.6 is 12.2 Å². The molecule has 5 N–H and O–H groups in total. The predicted octanol–water partition coefficient (Wildman–Crippen LogP) is 0.571. The molecule has 0 atom stereocenters. The summed E-state index contributed by atoms with van der Waals surface area (Å²) in [5, 5.41) is 7.95. The van der Waals surface area contributed by atoms with Crippen LogP contribution in [-0.2, 0) is 4.79 Å². The van der Waals surface area contributed by atoms with E-state index >= 15 is 0 Å². The first-order valence-corrected chi connectivity index (χ1v) is 8.15. The Morgan fingerprint density at radius 2 is 1.75 bits per heavy atom. The molecule has 1 heterocycles. The van der Waals surface area contributed by atoms with Crippen LogP contribution in [0.3, 0.4) is 0 Å². The second-order valence-corrected chi connectivity index (χ2v) is 6.62. The number of rotatable bonds is 3. The van der Waals surface area contributed by atoms with E-state index in [2.05, 4.69) is 16.0 Å². The van der Waals surface area contributed by atoms with Crippen LogP contribution in [0.15, 0.2) is 24.3 Å². The van der Waals surface area contributed by atoms with Crippen molar-refractivity contribution in [2.24, 2.45) is 5.73 Å². The molecule has 0 bridgehead atoms. The highest BCUT2D eigenvalue weighted by Crippen LogP contribution is 2.31. The number of carbonyl (C=O) groups excluding carboxylic acids is 3. The average molecular weight is 346 g/mol. The van der Waals surface area contributed by atoms with Crippen molar-refractivity contribution in [1.29, 1.82) is 0 Å². The number of hydrogen-bond acceptors (Lipinski definition) is 4. The molecule has 1 saturated carbocycles. The van der Waals surface area contributed by atoms with E-state index in [0.29, 0.717) is 36.8 Å². The molecule has 4 amide bonds. The molecular weight excluding hydrogens is 328 g/mol. The van der Waals surface area contributed by atoms with Gasteiger partial charge in [-0.3, -0.25) is 14.9 Å². The fourth-order valence-corrected chi connectivity index (χ4v) is 3.33. The van der Waals surface area contributed by atoms with Crippen molar-refractivity contribution in [2.45, 2.75) is 37.3 Å². The van der Waals surface area contributed by atoms with Gasteiger partial charge in [0.25, 0.3) is 11.8 Å². The minimum absolute atomic E-state index is 0.0244. The third-order valence-electron chi connectivity index (χ3n) is 4.62. The van der Waals surface area contributed by atoms with Gasteiger partial charge < -0.3 is 16.4 Å². The summed E-state index contributed by atoms with van der Waals surface area (Å²) < 4.78 is 0. The minimum Gasteiger partial charge on any atom is -0.389 e. The van der Waals surface area contributed by atoms with E-state index in [0.717, 1.165) is 0 Å². The zero-order valence-electron chi connectivity index (χ0n) is 12.9. The summed E-state index contributed by atoms with van der Waals surface area (Å²) in [5.41, 5.74) is 5.97. The summed E-state index contributed by atoms with van der Waals surface area (Å²) in [4.78, 5) is 35.8. The van der Waals surface area contributed by atoms with Crippen LogP contribution < -0.4 is 21.7 Å². The lowest BCUT2D eigenvalue weighted by Gasteiger charge is -2.34. The third kappa shape index (κ3) is 3.09. The highest BCUT2D eigenvalue weighted by Gasteiger charge is 2.48. The van der Waals surface area contributed by atoms with Crippen molar-refractivity contribution in [3.05, 3.63) is 35.4 Å². The fraction of sp³-hybridized carbons (Fsp3) is 0.375. The molecule has 0 aromatic heterocycles. The number of hydrogen-bond donors (Lipinski definition) is 4. The molecule has 1 aromatic carbocycles. The maximum atomic E-state index is 12.3. The van der Waals surface area contributed by atoms with Crippen LogP contribution in [0.2, 0.25) is 0 Å². The Balaban J connectivity index is 1.58. The highest BCUT2D eigenvalue weighted by atomic mass is 32.1. The van der Waals surface area contributed by atoms with Crippen molar-refractivity contribution in [3.63, 3.8) is 0 Å². The van der Waals surface area contributed by atoms with Gasteiger partial charge in [0.2, 0.25) is 0 Å². The highest BCUT2D eigenvalue weighted by molar-refractivity contribution is 7.80. The van der Waals surface area contributed by atoms with Crippen LogP contribution in [0.5, 0.6) is 0 Å². The van der Waals surface area contributed by atoms with Gasteiger partial charge in [0.1, 0.15) is 10.5 Å². The van der Waals surface area contributed by atoms with Crippen LogP contribution in [0, 0.1) is 0 Å². The summed E-state index contributed by atoms with van der Waals surface area (Å²) >= 11 is 4.88. The summed E-state index contributed by atoms with van der Waals surface area (Å²) in [6.45, 7) is 0. The smallest absolute Gasteiger partial charge is 0.322 e. The predicted molar refractivity (Wildman–Crippen MR) is 91.5 cm³/mol. The van der Waals surface area contributed by atoms with Crippen molar-refractivity contribution in [1.82, 2.24) is 16.0 Å². The maximum Gasteiger partial charge on any atom is 0.322 e. The van der Waals surface area contributed by atoms with Crippen LogP contribution in [0.25, 0.3) is 0 Å². The van der Waals surface area contributed by atoms with E-state index in [1.54, 1.807) is 24.3 Å². The molecule has 2 fully saturated rings. The Hall–Kier alpha value is -2.48. The lowest BCUT2D eigenvalue weighted by molar-refractivity contribution is -0.125. The van der Waals surface area contributed by atoms with Crippen molar-refractivity contribution in [3.8, 4) is 0 Å². The number of nitrogens with one attached hydrogen (secondary N) is 3. The van der Waals surface area contributed by atoms with E-state index in [1.165, 1.54) is 0 Å². The van der Waals surface area contributed by atoms with Crippen LogP contribution in [0.4, 0.5) is 4.79 Å². The molecular formula is C16H18N4O3S. The number of carbonyl (C=O) groups is 3. The zero-order valence-corrected chi connectivity index (χ0v) is 13.7. The van der Waals surface area contributed by atoms with Crippen LogP contribution in [-0.4, -0.2) is 34.4 Å². The molecule has 1 aliphatic carbocycles. The Kier molecular flexibility index (Phi) is 4.23. The quantitative estimate of drug-likeness (QED) is 0.472. The molecule has 2 aliphatic rings. The molecule has 1 aliphatic heterocycles. The van der Waals surface area contributed by atoms with Crippen molar-refractivity contribution < 1.29 is 14.4 Å². The first kappa shape index (κ1) is 16.4. The Morgan fingerprint density at radius 1 is 1.17 bits per heavy atom. The number of nitrogens with two attached hydrogens (primary N) is 1. The second kappa shape index (κ2) is 6.20. The molecule has 7 nitrogen and oxygen atoms in total. The van der Waals surface area contributed by atoms with E-state index < -0.39 is 11.6 Å². The molecule has 1 spiro atoms. The van der Waals surface area contributed by atoms with Gasteiger partial charge in [0, 0.05) is 17.2 Å². The van der Waals surface area contributed by atoms with Gasteiger partial charge in [-0.05, 0) is 37.8 Å². The lowest BCUT2D eigenvalue weighted by Crippen LogP contribution is -2.52. The van der Waals surface area contributed by atoms with Gasteiger partial charge in [-0.25, -0.2) is 4.79 Å². The number of urea groups is 1. The molecule has 0 radical (unpaired) electrons. The first-order chi connectivity index (χ1) is 11.4. The average Bonchev–Trinajstić information content (AvgIpc) is 2.83. The molecule has 8 heteroatoms. The monoisotopic (exact) mass is 346 g/mol. The SMILES string of the molecule is NC(=S)c1ccc(C(=O)NC2CCC3(CC2)NC(=O)NC3=O)cc1. The lowest BCUT2D eigenvalue weighted by atomic mass is 9.79. The molecule has 1 saturated heterocycles. The Bertz CT molecular complexity index is 709. The van der Waals surface area contributed by atoms with Gasteiger partial charge in [0.05, 0.1) is 0 Å². The largest absolute Gasteiger partial charge is 0.389 e. The zero-order chi connectivity index (χ0) is 17.3. The van der Waals surface area contributed by atoms with Gasteiger partial charge in [-0.2, -0.15) is 0 Å². The normalized spacial score (nSPS) is 25.9. The number of amides is 4. The van der Waals surface area contributed by atoms with E-state index in [-0.39, 0.29) is 22.8 Å². The summed E-state index contributed by atoms with van der Waals surface area (Å²) in [5.74, 6) is -0.448. The second-order valence-electron chi connectivity index (χ2n) is 6.18. The van der Waals surface area contributed by atoms with E-state index in [4.69, 9.17) is 18.0 Å². The van der Waals surface area contributed by atoms with Gasteiger partial charge in [-0.1, -0.05) is 24.4 Å². The summed E-state index contributed by atoms with van der Waals surface area (Å²) in [6, 6.07) is 6.32. The minimum atomic E-state index is -0.809. The summed E-state index contributed by atoms with van der Waals surface area (Å²) in [7, 11) is 0. The molecule has 3 rings (SSSR count). The number of imide groups is 1. The molecule has 126 valence electrons. The molecule has 24 heavy (non-hydrogen) atoms. The molecule has 0 unspecified atom stereocenters. The topological polar surface area (TPSA) is 113 Å². The standard InChI is InChI=1S/C16H18N4O3S/c17-12(24)9-1-3-10(4-2-9)13(21)18-11-5-7-16(8-6-11)14(22)19-15(23)20-16/h1-4,11H,5-8H2,(H2,17,24)(H,18,21)(H2,19,20,22,23). The van der Waals surface area contributed by atoms with Crippen molar-refractivity contribution in [2.75, 3.05) is 0 Å². The fourth-order valence-electron chi connectivity index (χ4n) is 3.19. The number of benzene rings is 1. The van der Waals surface area contributed by atoms with Crippen molar-refractivity contribution >= 4 is 35.1 Å². The number of thiocarbonyl (C=S) groups is 1. The third-order valence-corrected chi connectivity index (χ3v) is 4.86. The molecule has 1 aromatic rings. The summed E-state index contributed by atoms with van der Waals surface area (Å²) in [6.07, 6.45) is 2.28.